The Morgan fingerprint density at radius 2 is 1.79 bits per heavy atom. The van der Waals surface area contributed by atoms with Crippen molar-refractivity contribution in [1.29, 1.82) is 0 Å². The van der Waals surface area contributed by atoms with Crippen molar-refractivity contribution in [3.63, 3.8) is 0 Å². The van der Waals surface area contributed by atoms with Crippen LogP contribution in [0.1, 0.15) is 24.5 Å². The van der Waals surface area contributed by atoms with Crippen molar-refractivity contribution in [2.75, 3.05) is 5.32 Å². The monoisotopic (exact) mass is 327 g/mol. The molecule has 5 nitrogen and oxygen atoms in total. The van der Waals surface area contributed by atoms with Crippen LogP contribution in [-0.2, 0) is 16.0 Å². The van der Waals surface area contributed by atoms with Crippen LogP contribution in [0, 0.1) is 6.92 Å². The SMILES string of the molecule is CCC(Oc1ccccc1C)C(=O)Nc1ccc(CC(=O)O)cc1. The smallest absolute Gasteiger partial charge is 0.307 e. The number of ether oxygens (including phenoxy) is 1. The van der Waals surface area contributed by atoms with Crippen LogP contribution in [-0.4, -0.2) is 23.1 Å². The lowest BCUT2D eigenvalue weighted by Gasteiger charge is -2.18. The highest BCUT2D eigenvalue weighted by molar-refractivity contribution is 5.94. The fourth-order valence-corrected chi connectivity index (χ4v) is 2.27. The first-order chi connectivity index (χ1) is 11.5. The molecule has 1 atom stereocenters. The van der Waals surface area contributed by atoms with E-state index in [0.29, 0.717) is 23.4 Å². The number of hydrogen-bond acceptors (Lipinski definition) is 3. The number of carbonyl (C=O) groups excluding carboxylic acids is 1. The van der Waals surface area contributed by atoms with E-state index in [-0.39, 0.29) is 12.3 Å². The zero-order valence-electron chi connectivity index (χ0n) is 13.8. The second-order valence-corrected chi connectivity index (χ2v) is 5.54. The van der Waals surface area contributed by atoms with E-state index in [0.717, 1.165) is 5.56 Å². The van der Waals surface area contributed by atoms with Crippen LogP contribution in [0.15, 0.2) is 48.5 Å². The van der Waals surface area contributed by atoms with Crippen molar-refractivity contribution < 1.29 is 19.4 Å². The first-order valence-electron chi connectivity index (χ1n) is 7.83. The van der Waals surface area contributed by atoms with Crippen molar-refractivity contribution in [2.45, 2.75) is 32.8 Å². The van der Waals surface area contributed by atoms with Crippen LogP contribution < -0.4 is 10.1 Å². The summed E-state index contributed by atoms with van der Waals surface area (Å²) >= 11 is 0. The molecule has 0 heterocycles. The van der Waals surface area contributed by atoms with E-state index in [1.165, 1.54) is 0 Å². The van der Waals surface area contributed by atoms with E-state index in [9.17, 15) is 9.59 Å². The molecular weight excluding hydrogens is 306 g/mol. The van der Waals surface area contributed by atoms with Gasteiger partial charge < -0.3 is 15.2 Å². The molecule has 2 rings (SSSR count). The summed E-state index contributed by atoms with van der Waals surface area (Å²) in [4.78, 5) is 23.1. The van der Waals surface area contributed by atoms with E-state index in [1.807, 2.05) is 38.1 Å². The molecule has 24 heavy (non-hydrogen) atoms. The highest BCUT2D eigenvalue weighted by Gasteiger charge is 2.19. The minimum absolute atomic E-state index is 0.0395. The number of para-hydroxylation sites is 1. The number of aryl methyl sites for hydroxylation is 1. The Morgan fingerprint density at radius 3 is 2.38 bits per heavy atom. The Labute approximate surface area is 141 Å². The summed E-state index contributed by atoms with van der Waals surface area (Å²) in [6.45, 7) is 3.82. The molecular formula is C19H21NO4. The minimum Gasteiger partial charge on any atom is -0.481 e. The molecule has 2 N–H and O–H groups in total. The third kappa shape index (κ3) is 4.84. The zero-order valence-corrected chi connectivity index (χ0v) is 13.8. The Kier molecular flexibility index (Phi) is 5.95. The number of rotatable bonds is 7. The summed E-state index contributed by atoms with van der Waals surface area (Å²) in [6.07, 6.45) is -0.0933. The summed E-state index contributed by atoms with van der Waals surface area (Å²) in [5.74, 6) is -0.424. The van der Waals surface area contributed by atoms with Gasteiger partial charge in [-0.1, -0.05) is 37.3 Å². The van der Waals surface area contributed by atoms with Gasteiger partial charge in [-0.2, -0.15) is 0 Å². The molecule has 0 aromatic heterocycles. The maximum absolute atomic E-state index is 12.4. The van der Waals surface area contributed by atoms with Gasteiger partial charge in [0.2, 0.25) is 0 Å². The van der Waals surface area contributed by atoms with Crippen LogP contribution in [0.4, 0.5) is 5.69 Å². The molecule has 0 aliphatic carbocycles. The molecule has 0 aliphatic heterocycles. The molecule has 0 saturated carbocycles. The normalized spacial score (nSPS) is 11.6. The summed E-state index contributed by atoms with van der Waals surface area (Å²) < 4.78 is 5.82. The molecule has 0 fully saturated rings. The largest absolute Gasteiger partial charge is 0.481 e. The van der Waals surface area contributed by atoms with Gasteiger partial charge in [0.05, 0.1) is 6.42 Å². The fourth-order valence-electron chi connectivity index (χ4n) is 2.27. The molecule has 5 heteroatoms. The van der Waals surface area contributed by atoms with Crippen LogP contribution in [0.5, 0.6) is 5.75 Å². The van der Waals surface area contributed by atoms with Crippen molar-refractivity contribution in [2.24, 2.45) is 0 Å². The van der Waals surface area contributed by atoms with E-state index < -0.39 is 12.1 Å². The molecule has 2 aromatic carbocycles. The summed E-state index contributed by atoms with van der Waals surface area (Å²) in [5.41, 5.74) is 2.27. The highest BCUT2D eigenvalue weighted by atomic mass is 16.5. The third-order valence-corrected chi connectivity index (χ3v) is 3.60. The summed E-state index contributed by atoms with van der Waals surface area (Å²) in [6, 6.07) is 14.3. The molecule has 2 aromatic rings. The topological polar surface area (TPSA) is 75.6 Å². The second kappa shape index (κ2) is 8.15. The Balaban J connectivity index is 2.01. The maximum atomic E-state index is 12.4. The zero-order chi connectivity index (χ0) is 17.5. The predicted molar refractivity (Wildman–Crippen MR) is 92.3 cm³/mol. The Bertz CT molecular complexity index is 710. The van der Waals surface area contributed by atoms with Crippen molar-refractivity contribution >= 4 is 17.6 Å². The number of carbonyl (C=O) groups is 2. The van der Waals surface area contributed by atoms with Gasteiger partial charge in [-0.15, -0.1) is 0 Å². The number of carboxylic acids is 1. The number of nitrogens with one attached hydrogen (secondary N) is 1. The van der Waals surface area contributed by atoms with E-state index in [1.54, 1.807) is 24.3 Å². The van der Waals surface area contributed by atoms with E-state index in [4.69, 9.17) is 9.84 Å². The van der Waals surface area contributed by atoms with Gasteiger partial charge in [0, 0.05) is 5.69 Å². The number of hydrogen-bond donors (Lipinski definition) is 2. The van der Waals surface area contributed by atoms with E-state index >= 15 is 0 Å². The molecule has 126 valence electrons. The van der Waals surface area contributed by atoms with Gasteiger partial charge in [-0.05, 0) is 42.7 Å². The van der Waals surface area contributed by atoms with Gasteiger partial charge in [0.25, 0.3) is 5.91 Å². The quantitative estimate of drug-likeness (QED) is 0.817. The van der Waals surface area contributed by atoms with Crippen LogP contribution >= 0.6 is 0 Å². The summed E-state index contributed by atoms with van der Waals surface area (Å²) in [5, 5.41) is 11.6. The van der Waals surface area contributed by atoms with Crippen LogP contribution in [0.25, 0.3) is 0 Å². The van der Waals surface area contributed by atoms with Gasteiger partial charge in [0.1, 0.15) is 5.75 Å². The lowest BCUT2D eigenvalue weighted by Crippen LogP contribution is -2.32. The first-order valence-corrected chi connectivity index (χ1v) is 7.83. The number of anilines is 1. The molecule has 1 amide bonds. The number of amides is 1. The standard InChI is InChI=1S/C19H21NO4/c1-3-16(24-17-7-5-4-6-13(17)2)19(23)20-15-10-8-14(9-11-15)12-18(21)22/h4-11,16H,3,12H2,1-2H3,(H,20,23)(H,21,22). The van der Waals surface area contributed by atoms with Gasteiger partial charge >= 0.3 is 5.97 Å². The molecule has 0 aliphatic rings. The maximum Gasteiger partial charge on any atom is 0.307 e. The lowest BCUT2D eigenvalue weighted by atomic mass is 10.1. The minimum atomic E-state index is -0.885. The average Bonchev–Trinajstić information content (AvgIpc) is 2.55. The predicted octanol–water partition coefficient (Wildman–Crippen LogP) is 3.42. The number of carboxylic acid groups (broad SMARTS) is 1. The van der Waals surface area contributed by atoms with Crippen molar-refractivity contribution in [3.8, 4) is 5.75 Å². The molecule has 0 spiro atoms. The van der Waals surface area contributed by atoms with Gasteiger partial charge in [-0.3, -0.25) is 9.59 Å². The van der Waals surface area contributed by atoms with E-state index in [2.05, 4.69) is 5.32 Å². The number of aliphatic carboxylic acids is 1. The highest BCUT2D eigenvalue weighted by Crippen LogP contribution is 2.19. The summed E-state index contributed by atoms with van der Waals surface area (Å²) in [7, 11) is 0. The molecule has 0 bridgehead atoms. The van der Waals surface area contributed by atoms with Crippen LogP contribution in [0.2, 0.25) is 0 Å². The third-order valence-electron chi connectivity index (χ3n) is 3.60. The number of benzene rings is 2. The lowest BCUT2D eigenvalue weighted by molar-refractivity contribution is -0.136. The average molecular weight is 327 g/mol. The van der Waals surface area contributed by atoms with Gasteiger partial charge in [-0.25, -0.2) is 0 Å². The first kappa shape index (κ1) is 17.5. The van der Waals surface area contributed by atoms with Crippen molar-refractivity contribution in [1.82, 2.24) is 0 Å². The Morgan fingerprint density at radius 1 is 1.12 bits per heavy atom. The van der Waals surface area contributed by atoms with Gasteiger partial charge in [0.15, 0.2) is 6.10 Å². The molecule has 0 saturated heterocycles. The van der Waals surface area contributed by atoms with Crippen LogP contribution in [0.3, 0.4) is 0 Å². The fraction of sp³-hybridized carbons (Fsp3) is 0.263. The second-order valence-electron chi connectivity index (χ2n) is 5.54. The van der Waals surface area contributed by atoms with Crippen molar-refractivity contribution in [3.05, 3.63) is 59.7 Å². The Hall–Kier alpha value is -2.82. The molecule has 0 radical (unpaired) electrons. The molecule has 1 unspecified atom stereocenters.